The molecule has 0 atom stereocenters. The van der Waals surface area contributed by atoms with Crippen molar-refractivity contribution in [2.45, 2.75) is 274 Å². The zero-order chi connectivity index (χ0) is 86.3. The molecule has 2 aliphatic rings. The summed E-state index contributed by atoms with van der Waals surface area (Å²) in [6, 6.07) is 43.0. The lowest BCUT2D eigenvalue weighted by Crippen LogP contribution is -2.16. The number of aromatic nitrogens is 2. The van der Waals surface area contributed by atoms with E-state index in [1.807, 2.05) is 24.3 Å². The molecule has 0 saturated carbocycles. The Kier molecular flexibility index (Phi) is 23.6. The van der Waals surface area contributed by atoms with E-state index in [1.54, 1.807) is 12.2 Å². The summed E-state index contributed by atoms with van der Waals surface area (Å²) in [4.78, 5) is 1.70. The second-order valence-electron chi connectivity index (χ2n) is 41.8. The third kappa shape index (κ3) is 19.2. The maximum atomic E-state index is 12.9. The molecule has 2 aliphatic carbocycles. The fraction of sp³-hybridized carbons (Fsp3) is 0.415. The van der Waals surface area contributed by atoms with Crippen LogP contribution in [0, 0.1) is 0 Å². The third-order valence-corrected chi connectivity index (χ3v) is 24.8. The quantitative estimate of drug-likeness (QED) is 0.0761. The van der Waals surface area contributed by atoms with Gasteiger partial charge in [-0.05, 0) is 189 Å². The number of benzene rings is 8. The van der Waals surface area contributed by atoms with Gasteiger partial charge in [-0.2, -0.15) is 0 Å². The topological polar surface area (TPSA) is 170 Å². The van der Waals surface area contributed by atoms with Crippen molar-refractivity contribution in [3.63, 3.8) is 0 Å². The van der Waals surface area contributed by atoms with Crippen molar-refractivity contribution >= 4 is 11.3 Å². The van der Waals surface area contributed by atoms with Crippen LogP contribution in [0.5, 0.6) is 46.0 Å². The first-order chi connectivity index (χ1) is 55.5. The summed E-state index contributed by atoms with van der Waals surface area (Å²) in [5.74, 6) is 4.67. The number of hydrogen-bond acceptors (Lipinski definition) is 13. The van der Waals surface area contributed by atoms with Crippen LogP contribution in [0.2, 0.25) is 0 Å². The average Bonchev–Trinajstić information content (AvgIpc) is 1.05. The number of nitrogens with zero attached hydrogens (tertiary/aromatic N) is 2. The molecule has 13 rings (SSSR count). The molecule has 13 heteroatoms. The molecule has 3 heterocycles. The van der Waals surface area contributed by atoms with E-state index in [9.17, 15) is 20.4 Å². The molecule has 0 saturated heterocycles. The fourth-order valence-electron chi connectivity index (χ4n) is 16.2. The molecule has 119 heavy (non-hydrogen) atoms. The van der Waals surface area contributed by atoms with E-state index < -0.39 is 0 Å². The van der Waals surface area contributed by atoms with Crippen LogP contribution in [0.3, 0.4) is 0 Å². The van der Waals surface area contributed by atoms with Crippen molar-refractivity contribution in [3.8, 4) is 67.1 Å². The van der Waals surface area contributed by atoms with E-state index >= 15 is 0 Å². The summed E-state index contributed by atoms with van der Waals surface area (Å²) in [6.45, 7) is 61.9. The summed E-state index contributed by atoms with van der Waals surface area (Å²) in [5.41, 5.74) is 21.5. The van der Waals surface area contributed by atoms with Gasteiger partial charge in [0.25, 0.3) is 0 Å². The van der Waals surface area contributed by atoms with Crippen molar-refractivity contribution in [1.29, 1.82) is 0 Å². The minimum absolute atomic E-state index is 0.0312. The highest BCUT2D eigenvalue weighted by Crippen LogP contribution is 2.49. The molecular weight excluding hydrogens is 1490 g/mol. The predicted molar refractivity (Wildman–Crippen MR) is 486 cm³/mol. The van der Waals surface area contributed by atoms with Gasteiger partial charge in [-0.15, -0.1) is 11.3 Å². The minimum Gasteiger partial charge on any atom is -0.507 e. The zero-order valence-electron chi connectivity index (χ0n) is 75.1. The number of thiophene rings is 1. The van der Waals surface area contributed by atoms with Gasteiger partial charge in [0.1, 0.15) is 83.8 Å². The standard InChI is InChI=1S/C106H126N2O10S/c1-27-31-113-95-69-33-61-41-77(99(3,4)5)45-65(91(61)109)37-73-53-83(105(21,22)23)54-74(38-66-46-78(100(6,7)8)42-62(92(66)110)34-70(95)50-81(49-69)103(15,16)17)97(73)115-59-85-57-87(107-117-85)89-29-30-90(119-89)88-58-86(118-108-88)60-116-98-75-39-67-47-79(101(9,10)11)43-63(93(67)111)35-71-51-82(104(18,19)20)52-72(96(71)114-32-28-2)36-64-44-80(102(12,13)14)48-68(94(64)112)40-76(98)56-84(55-75)106(24,25)26/h27-30,41-58,109-112H,1-2,31-40,59-60H2,3-26H3. The molecule has 0 spiro atoms. The van der Waals surface area contributed by atoms with Gasteiger partial charge in [-0.1, -0.05) is 299 Å². The molecule has 0 radical (unpaired) electrons. The first kappa shape index (κ1) is 86.6. The summed E-state index contributed by atoms with van der Waals surface area (Å²) < 4.78 is 40.3. The fourth-order valence-corrected chi connectivity index (χ4v) is 17.1. The van der Waals surface area contributed by atoms with Crippen LogP contribution in [0.4, 0.5) is 0 Å². The molecule has 0 unspecified atom stereocenters. The second-order valence-corrected chi connectivity index (χ2v) is 42.9. The van der Waals surface area contributed by atoms with Crippen LogP contribution in [-0.4, -0.2) is 44.0 Å². The number of phenolic OH excluding ortho intramolecular Hbond substituents is 4. The average molecular weight is 1620 g/mol. The Morgan fingerprint density at radius 2 is 0.462 bits per heavy atom. The Hall–Kier alpha value is -10.2. The SMILES string of the molecule is C=CCOc1c2cc(C(C)(C)C)cc1Cc1cc(C(C)(C)C)cc(c1O)Cc1cc(C(C)(C)C)cc(c1OCc1cc(-c3ccc(-c4cc(COc5c6cc(C(C)(C)C)cc5Cc5cc(C(C)(C)C)cc(c5O)Cc5cc(C(C)(C)C)cc(c5OCC=C)Cc5cc(C(C)(C)C)cc(c5O)C6)on4)s3)no1)Cc1cc(C(C)(C)C)cc(c1O)C2. The van der Waals surface area contributed by atoms with Crippen LogP contribution in [0.25, 0.3) is 21.1 Å². The van der Waals surface area contributed by atoms with E-state index in [0.29, 0.717) is 85.8 Å². The Morgan fingerprint density at radius 1 is 0.286 bits per heavy atom. The van der Waals surface area contributed by atoms with Crippen molar-refractivity contribution in [2.24, 2.45) is 0 Å². The van der Waals surface area contributed by atoms with Crippen molar-refractivity contribution in [1.82, 2.24) is 10.3 Å². The maximum Gasteiger partial charge on any atom is 0.174 e. The highest BCUT2D eigenvalue weighted by molar-refractivity contribution is 7.18. The first-order valence-electron chi connectivity index (χ1n) is 42.3. The van der Waals surface area contributed by atoms with E-state index in [0.717, 1.165) is 155 Å². The summed E-state index contributed by atoms with van der Waals surface area (Å²) in [7, 11) is 0. The van der Waals surface area contributed by atoms with Crippen LogP contribution in [-0.2, 0) is 108 Å². The molecule has 626 valence electrons. The maximum absolute atomic E-state index is 12.9. The van der Waals surface area contributed by atoms with Gasteiger partial charge in [0, 0.05) is 63.5 Å². The van der Waals surface area contributed by atoms with Gasteiger partial charge >= 0.3 is 0 Å². The van der Waals surface area contributed by atoms with Crippen molar-refractivity contribution in [3.05, 3.63) is 292 Å². The summed E-state index contributed by atoms with van der Waals surface area (Å²) in [6.07, 6.45) is 6.46. The summed E-state index contributed by atoms with van der Waals surface area (Å²) >= 11 is 1.51. The van der Waals surface area contributed by atoms with Crippen LogP contribution >= 0.6 is 11.3 Å². The highest BCUT2D eigenvalue weighted by Gasteiger charge is 2.34. The Labute approximate surface area is 711 Å². The first-order valence-corrected chi connectivity index (χ1v) is 43.1. The normalized spacial score (nSPS) is 13.8. The lowest BCUT2D eigenvalue weighted by Gasteiger charge is -2.28. The molecule has 0 amide bonds. The predicted octanol–water partition coefficient (Wildman–Crippen LogP) is 25.9. The molecule has 8 aromatic carbocycles. The monoisotopic (exact) mass is 1620 g/mol. The molecule has 3 aromatic heterocycles. The summed E-state index contributed by atoms with van der Waals surface area (Å²) in [5, 5.41) is 61.0. The smallest absolute Gasteiger partial charge is 0.174 e. The van der Waals surface area contributed by atoms with E-state index in [-0.39, 0.29) is 92.7 Å². The number of phenols is 4. The zero-order valence-corrected chi connectivity index (χ0v) is 76.0. The van der Waals surface area contributed by atoms with Gasteiger partial charge in [-0.3, -0.25) is 0 Å². The third-order valence-electron chi connectivity index (χ3n) is 23.7. The van der Waals surface area contributed by atoms with Gasteiger partial charge in [0.15, 0.2) is 11.5 Å². The Balaban J connectivity index is 0.851. The Bertz CT molecular complexity index is 5110. The van der Waals surface area contributed by atoms with Crippen LogP contribution in [0.1, 0.15) is 311 Å². The molecule has 16 bridgehead atoms. The Morgan fingerprint density at radius 3 is 0.639 bits per heavy atom. The molecule has 0 fully saturated rings. The molecule has 12 nitrogen and oxygen atoms in total. The lowest BCUT2D eigenvalue weighted by molar-refractivity contribution is 0.246. The minimum atomic E-state index is -0.299. The van der Waals surface area contributed by atoms with Gasteiger partial charge in [-0.25, -0.2) is 0 Å². The highest BCUT2D eigenvalue weighted by atomic mass is 32.1. The molecular formula is C106H126N2O10S. The van der Waals surface area contributed by atoms with Gasteiger partial charge < -0.3 is 48.4 Å². The van der Waals surface area contributed by atoms with Gasteiger partial charge in [0.2, 0.25) is 0 Å². The second kappa shape index (κ2) is 32.4. The largest absolute Gasteiger partial charge is 0.507 e. The van der Waals surface area contributed by atoms with Crippen LogP contribution in [0.15, 0.2) is 156 Å². The number of ether oxygens (including phenoxy) is 4. The van der Waals surface area contributed by atoms with Crippen molar-refractivity contribution < 1.29 is 48.4 Å². The molecule has 4 N–H and O–H groups in total. The number of hydrogen-bond donors (Lipinski definition) is 4. The van der Waals surface area contributed by atoms with Crippen molar-refractivity contribution in [2.75, 3.05) is 13.2 Å². The van der Waals surface area contributed by atoms with E-state index in [1.165, 1.54) is 11.3 Å². The van der Waals surface area contributed by atoms with E-state index in [2.05, 4.69) is 287 Å². The van der Waals surface area contributed by atoms with E-state index in [4.69, 9.17) is 28.0 Å². The number of aromatic hydroxyl groups is 4. The van der Waals surface area contributed by atoms with Gasteiger partial charge in [0.05, 0.1) is 9.75 Å². The molecule has 0 aliphatic heterocycles. The molecule has 11 aromatic rings. The lowest BCUT2D eigenvalue weighted by atomic mass is 9.79. The number of rotatable bonds is 14. The van der Waals surface area contributed by atoms with Crippen LogP contribution < -0.4 is 18.9 Å². The number of fused-ring (bicyclic) bond motifs is 16.